The van der Waals surface area contributed by atoms with Crippen molar-refractivity contribution in [3.8, 4) is 5.75 Å². The van der Waals surface area contributed by atoms with Gasteiger partial charge in [0, 0.05) is 11.3 Å². The number of nitrogens with zero attached hydrogens (tertiary/aromatic N) is 2. The van der Waals surface area contributed by atoms with Gasteiger partial charge in [0.25, 0.3) is 5.91 Å². The highest BCUT2D eigenvalue weighted by Crippen LogP contribution is 2.37. The van der Waals surface area contributed by atoms with Gasteiger partial charge in [-0.2, -0.15) is 0 Å². The molecule has 164 valence electrons. The van der Waals surface area contributed by atoms with Gasteiger partial charge in [0.2, 0.25) is 5.91 Å². The Morgan fingerprint density at radius 1 is 0.938 bits per heavy atom. The molecular formula is C26H27N3O3. The number of rotatable bonds is 5. The average Bonchev–Trinajstić information content (AvgIpc) is 2.95. The van der Waals surface area contributed by atoms with Crippen LogP contribution in [0.2, 0.25) is 0 Å². The van der Waals surface area contributed by atoms with Gasteiger partial charge in [0.1, 0.15) is 5.75 Å². The lowest BCUT2D eigenvalue weighted by Gasteiger charge is -2.27. The van der Waals surface area contributed by atoms with Crippen LogP contribution in [0.4, 0.5) is 17.1 Å². The molecule has 2 amide bonds. The second kappa shape index (κ2) is 9.24. The van der Waals surface area contributed by atoms with Crippen LogP contribution < -0.4 is 15.0 Å². The number of aryl methyl sites for hydroxylation is 2. The molecule has 1 heterocycles. The molecule has 3 aromatic rings. The largest absolute Gasteiger partial charge is 0.497 e. The minimum atomic E-state index is -0.215. The van der Waals surface area contributed by atoms with Crippen LogP contribution in [0.25, 0.3) is 0 Å². The molecule has 6 nitrogen and oxygen atoms in total. The summed E-state index contributed by atoms with van der Waals surface area (Å²) < 4.78 is 5.16. The maximum absolute atomic E-state index is 13.3. The Morgan fingerprint density at radius 2 is 1.62 bits per heavy atom. The van der Waals surface area contributed by atoms with Crippen LogP contribution in [0.5, 0.6) is 5.75 Å². The summed E-state index contributed by atoms with van der Waals surface area (Å²) >= 11 is 0. The van der Waals surface area contributed by atoms with E-state index in [1.54, 1.807) is 36.3 Å². The van der Waals surface area contributed by atoms with Crippen LogP contribution in [0.15, 0.2) is 66.7 Å². The van der Waals surface area contributed by atoms with Crippen molar-refractivity contribution < 1.29 is 14.3 Å². The zero-order valence-corrected chi connectivity index (χ0v) is 18.6. The van der Waals surface area contributed by atoms with Gasteiger partial charge < -0.3 is 15.0 Å². The Hall–Kier alpha value is -3.64. The number of methoxy groups -OCH3 is 1. The first-order valence-electron chi connectivity index (χ1n) is 10.6. The number of likely N-dealkylation sites (N-methyl/N-ethyl adjacent to an activating group) is 1. The third-order valence-corrected chi connectivity index (χ3v) is 5.53. The monoisotopic (exact) mass is 429 g/mol. The van der Waals surface area contributed by atoms with Gasteiger partial charge in [-0.1, -0.05) is 24.3 Å². The molecule has 4 rings (SSSR count). The first kappa shape index (κ1) is 21.6. The van der Waals surface area contributed by atoms with Crippen molar-refractivity contribution in [2.75, 3.05) is 38.0 Å². The Balaban J connectivity index is 1.69. The number of fused-ring (bicyclic) bond motifs is 2. The van der Waals surface area contributed by atoms with Gasteiger partial charge in [0.05, 0.1) is 25.0 Å². The number of hydrogen-bond acceptors (Lipinski definition) is 4. The van der Waals surface area contributed by atoms with E-state index in [9.17, 15) is 9.59 Å². The number of anilines is 3. The number of carbonyl (C=O) groups is 2. The molecule has 1 aliphatic rings. The lowest BCUT2D eigenvalue weighted by molar-refractivity contribution is -0.118. The first-order valence-corrected chi connectivity index (χ1v) is 10.6. The Kier molecular flexibility index (Phi) is 6.23. The summed E-state index contributed by atoms with van der Waals surface area (Å²) in [5, 5.41) is 2.96. The molecule has 1 aliphatic heterocycles. The van der Waals surface area contributed by atoms with Gasteiger partial charge in [-0.25, -0.2) is 0 Å². The number of ether oxygens (including phenoxy) is 1. The molecule has 32 heavy (non-hydrogen) atoms. The predicted octanol–water partition coefficient (Wildman–Crippen LogP) is 4.27. The standard InChI is InChI=1S/C26H27N3O3/c1-28(2)17-25(30)29-23-7-5-4-6-18(23)8-9-19-10-13-21(16-24(19)29)27-26(31)20-11-14-22(32-3)15-12-20/h4-7,10-16H,8-9,17H2,1-3H3,(H,27,31). The molecule has 0 bridgehead atoms. The van der Waals surface area contributed by atoms with Gasteiger partial charge in [0.15, 0.2) is 0 Å². The van der Waals surface area contributed by atoms with E-state index in [1.165, 1.54) is 0 Å². The highest BCUT2D eigenvalue weighted by molar-refractivity contribution is 6.06. The van der Waals surface area contributed by atoms with E-state index in [1.807, 2.05) is 55.4 Å². The Morgan fingerprint density at radius 3 is 2.31 bits per heavy atom. The Labute approximate surface area is 188 Å². The first-order chi connectivity index (χ1) is 15.5. The van der Waals surface area contributed by atoms with Gasteiger partial charge >= 0.3 is 0 Å². The predicted molar refractivity (Wildman–Crippen MR) is 127 cm³/mol. The summed E-state index contributed by atoms with van der Waals surface area (Å²) in [6, 6.07) is 20.8. The van der Waals surface area contributed by atoms with Gasteiger partial charge in [-0.05, 0) is 80.5 Å². The van der Waals surface area contributed by atoms with Crippen molar-refractivity contribution in [2.24, 2.45) is 0 Å². The fourth-order valence-corrected chi connectivity index (χ4v) is 3.96. The highest BCUT2D eigenvalue weighted by atomic mass is 16.5. The normalized spacial score (nSPS) is 12.6. The summed E-state index contributed by atoms with van der Waals surface area (Å²) in [6.07, 6.45) is 1.68. The van der Waals surface area contributed by atoms with Gasteiger partial charge in [-0.3, -0.25) is 14.5 Å². The number of benzene rings is 3. The second-order valence-electron chi connectivity index (χ2n) is 8.12. The summed E-state index contributed by atoms with van der Waals surface area (Å²) in [4.78, 5) is 29.7. The van der Waals surface area contributed by atoms with Crippen molar-refractivity contribution in [1.29, 1.82) is 0 Å². The molecule has 0 saturated carbocycles. The van der Waals surface area contributed by atoms with E-state index in [0.717, 1.165) is 35.3 Å². The van der Waals surface area contributed by atoms with E-state index in [2.05, 4.69) is 11.4 Å². The highest BCUT2D eigenvalue weighted by Gasteiger charge is 2.26. The fraction of sp³-hybridized carbons (Fsp3) is 0.231. The van der Waals surface area contributed by atoms with E-state index >= 15 is 0 Å². The number of amides is 2. The molecule has 3 aromatic carbocycles. The van der Waals surface area contributed by atoms with Crippen molar-refractivity contribution in [2.45, 2.75) is 12.8 Å². The maximum atomic E-state index is 13.3. The van der Waals surface area contributed by atoms with Crippen molar-refractivity contribution in [3.05, 3.63) is 83.4 Å². The molecular weight excluding hydrogens is 402 g/mol. The van der Waals surface area contributed by atoms with Crippen LogP contribution in [0, 0.1) is 0 Å². The van der Waals surface area contributed by atoms with Crippen LogP contribution in [-0.4, -0.2) is 44.5 Å². The molecule has 6 heteroatoms. The average molecular weight is 430 g/mol. The molecule has 0 unspecified atom stereocenters. The summed E-state index contributed by atoms with van der Waals surface area (Å²) in [6.45, 7) is 0.288. The van der Waals surface area contributed by atoms with Crippen molar-refractivity contribution in [1.82, 2.24) is 4.90 Å². The fourth-order valence-electron chi connectivity index (χ4n) is 3.96. The smallest absolute Gasteiger partial charge is 0.255 e. The Bertz CT molecular complexity index is 1140. The lowest BCUT2D eigenvalue weighted by Crippen LogP contribution is -2.35. The zero-order valence-electron chi connectivity index (χ0n) is 18.6. The molecule has 0 saturated heterocycles. The number of hydrogen-bond donors (Lipinski definition) is 1. The minimum absolute atomic E-state index is 0.00997. The SMILES string of the molecule is COc1ccc(C(=O)Nc2ccc3c(c2)N(C(=O)CN(C)C)c2ccccc2CC3)cc1. The molecule has 0 spiro atoms. The molecule has 0 fully saturated rings. The van der Waals surface area contributed by atoms with E-state index in [4.69, 9.17) is 4.74 Å². The van der Waals surface area contributed by atoms with Crippen LogP contribution in [0.3, 0.4) is 0 Å². The van der Waals surface area contributed by atoms with E-state index in [-0.39, 0.29) is 18.4 Å². The van der Waals surface area contributed by atoms with Gasteiger partial charge in [-0.15, -0.1) is 0 Å². The molecule has 0 radical (unpaired) electrons. The second-order valence-corrected chi connectivity index (χ2v) is 8.12. The number of para-hydroxylation sites is 1. The van der Waals surface area contributed by atoms with Crippen molar-refractivity contribution in [3.63, 3.8) is 0 Å². The third-order valence-electron chi connectivity index (χ3n) is 5.53. The molecule has 0 atom stereocenters. The minimum Gasteiger partial charge on any atom is -0.497 e. The third kappa shape index (κ3) is 4.50. The molecule has 1 N–H and O–H groups in total. The van der Waals surface area contributed by atoms with Crippen LogP contribution in [-0.2, 0) is 17.6 Å². The molecule has 0 aliphatic carbocycles. The summed E-state index contributed by atoms with van der Waals surface area (Å²) in [5.41, 5.74) is 5.11. The summed E-state index contributed by atoms with van der Waals surface area (Å²) in [5.74, 6) is 0.470. The van der Waals surface area contributed by atoms with Crippen molar-refractivity contribution >= 4 is 28.9 Å². The van der Waals surface area contributed by atoms with Crippen LogP contribution in [0.1, 0.15) is 21.5 Å². The zero-order chi connectivity index (χ0) is 22.7. The topological polar surface area (TPSA) is 61.9 Å². The summed E-state index contributed by atoms with van der Waals surface area (Å²) in [7, 11) is 5.36. The quantitative estimate of drug-likeness (QED) is 0.658. The molecule has 0 aromatic heterocycles. The van der Waals surface area contributed by atoms with E-state index in [0.29, 0.717) is 17.0 Å². The van der Waals surface area contributed by atoms with E-state index < -0.39 is 0 Å². The number of nitrogens with one attached hydrogen (secondary N) is 1. The lowest BCUT2D eigenvalue weighted by atomic mass is 10.0. The number of carbonyl (C=O) groups excluding carboxylic acids is 2. The van der Waals surface area contributed by atoms with Crippen LogP contribution >= 0.6 is 0 Å². The maximum Gasteiger partial charge on any atom is 0.255 e.